The molecule has 24 heavy (non-hydrogen) atoms. The van der Waals surface area contributed by atoms with Crippen molar-refractivity contribution in [3.05, 3.63) is 16.6 Å². The van der Waals surface area contributed by atoms with E-state index in [0.29, 0.717) is 18.1 Å². The SMILES string of the molecule is c1csc(CN2CC[C@@H]3O[C@H](COCC4CCOCC4)CC[C@@H]32)n1. The number of hydrogen-bond donors (Lipinski definition) is 0. The van der Waals surface area contributed by atoms with Gasteiger partial charge in [0.25, 0.3) is 0 Å². The molecule has 3 fully saturated rings. The summed E-state index contributed by atoms with van der Waals surface area (Å²) < 4.78 is 17.7. The molecule has 0 aromatic carbocycles. The Morgan fingerprint density at radius 1 is 1.17 bits per heavy atom. The Morgan fingerprint density at radius 2 is 2.08 bits per heavy atom. The summed E-state index contributed by atoms with van der Waals surface area (Å²) in [6, 6.07) is 0.570. The van der Waals surface area contributed by atoms with Crippen LogP contribution in [0.4, 0.5) is 0 Å². The number of thiazole rings is 1. The number of hydrogen-bond acceptors (Lipinski definition) is 6. The molecule has 0 aliphatic carbocycles. The second kappa shape index (κ2) is 8.23. The minimum absolute atomic E-state index is 0.283. The molecule has 4 rings (SSSR count). The molecule has 5 nitrogen and oxygen atoms in total. The Hall–Kier alpha value is -0.530. The summed E-state index contributed by atoms with van der Waals surface area (Å²) in [5.41, 5.74) is 0. The third-order valence-electron chi connectivity index (χ3n) is 5.57. The fourth-order valence-electron chi connectivity index (χ4n) is 4.19. The van der Waals surface area contributed by atoms with Gasteiger partial charge in [0, 0.05) is 44.0 Å². The first-order chi connectivity index (χ1) is 11.9. The van der Waals surface area contributed by atoms with Crippen LogP contribution in [0.5, 0.6) is 0 Å². The Balaban J connectivity index is 1.19. The van der Waals surface area contributed by atoms with Gasteiger partial charge in [-0.05, 0) is 38.0 Å². The fraction of sp³-hybridized carbons (Fsp3) is 0.833. The summed E-state index contributed by atoms with van der Waals surface area (Å²) in [5, 5.41) is 3.28. The highest BCUT2D eigenvalue weighted by Crippen LogP contribution is 2.32. The quantitative estimate of drug-likeness (QED) is 0.788. The van der Waals surface area contributed by atoms with Gasteiger partial charge in [-0.1, -0.05) is 0 Å². The summed E-state index contributed by atoms with van der Waals surface area (Å²) in [5.74, 6) is 0.676. The Kier molecular flexibility index (Phi) is 5.80. The summed E-state index contributed by atoms with van der Waals surface area (Å²) in [6.07, 6.45) is 8.33. The first-order valence-electron chi connectivity index (χ1n) is 9.32. The summed E-state index contributed by atoms with van der Waals surface area (Å²) in [4.78, 5) is 6.98. The van der Waals surface area contributed by atoms with Crippen LogP contribution in [0, 0.1) is 5.92 Å². The van der Waals surface area contributed by atoms with E-state index in [1.165, 1.54) is 11.4 Å². The van der Waals surface area contributed by atoms with Gasteiger partial charge < -0.3 is 14.2 Å². The van der Waals surface area contributed by atoms with Crippen molar-refractivity contribution in [2.75, 3.05) is 33.0 Å². The van der Waals surface area contributed by atoms with Crippen LogP contribution in [0.15, 0.2) is 11.6 Å². The lowest BCUT2D eigenvalue weighted by Gasteiger charge is -2.36. The molecule has 3 saturated heterocycles. The summed E-state index contributed by atoms with van der Waals surface area (Å²) >= 11 is 1.75. The predicted molar refractivity (Wildman–Crippen MR) is 93.2 cm³/mol. The molecule has 4 heterocycles. The standard InChI is InChI=1S/C18H28N2O3S/c1-2-16-17(3-7-20(16)11-18-19-6-10-24-18)23-15(1)13-22-12-14-4-8-21-9-5-14/h6,10,14-17H,1-5,7-9,11-13H2/t15-,16-,17-/m0/s1. The minimum atomic E-state index is 0.283. The zero-order valence-corrected chi connectivity index (χ0v) is 15.1. The highest BCUT2D eigenvalue weighted by Gasteiger charge is 2.39. The Labute approximate surface area is 148 Å². The van der Waals surface area contributed by atoms with Crippen molar-refractivity contribution in [3.63, 3.8) is 0 Å². The van der Waals surface area contributed by atoms with E-state index in [1.54, 1.807) is 11.3 Å². The van der Waals surface area contributed by atoms with E-state index in [4.69, 9.17) is 14.2 Å². The van der Waals surface area contributed by atoms with Crippen molar-refractivity contribution in [3.8, 4) is 0 Å². The molecule has 0 spiro atoms. The maximum atomic E-state index is 6.34. The van der Waals surface area contributed by atoms with Gasteiger partial charge in [0.2, 0.25) is 0 Å². The molecule has 0 amide bonds. The first kappa shape index (κ1) is 16.9. The van der Waals surface area contributed by atoms with Gasteiger partial charge in [-0.15, -0.1) is 11.3 Å². The molecular formula is C18H28N2O3S. The van der Waals surface area contributed by atoms with Gasteiger partial charge in [0.05, 0.1) is 25.4 Å². The molecule has 0 N–H and O–H groups in total. The molecular weight excluding hydrogens is 324 g/mol. The highest BCUT2D eigenvalue weighted by atomic mass is 32.1. The molecule has 1 aromatic rings. The van der Waals surface area contributed by atoms with E-state index in [2.05, 4.69) is 15.3 Å². The molecule has 3 aliphatic heterocycles. The van der Waals surface area contributed by atoms with Gasteiger partial charge in [0.15, 0.2) is 0 Å². The number of ether oxygens (including phenoxy) is 3. The summed E-state index contributed by atoms with van der Waals surface area (Å²) in [7, 11) is 0. The lowest BCUT2D eigenvalue weighted by molar-refractivity contribution is -0.105. The second-order valence-corrected chi connectivity index (χ2v) is 8.20. The average molecular weight is 353 g/mol. The predicted octanol–water partition coefficient (Wildman–Crippen LogP) is 2.71. The van der Waals surface area contributed by atoms with E-state index in [0.717, 1.165) is 65.2 Å². The maximum absolute atomic E-state index is 6.34. The number of aromatic nitrogens is 1. The van der Waals surface area contributed by atoms with E-state index in [-0.39, 0.29) is 6.10 Å². The Morgan fingerprint density at radius 3 is 2.92 bits per heavy atom. The van der Waals surface area contributed by atoms with Crippen molar-refractivity contribution in [2.45, 2.75) is 56.9 Å². The smallest absolute Gasteiger partial charge is 0.107 e. The molecule has 0 saturated carbocycles. The van der Waals surface area contributed by atoms with Gasteiger partial charge in [-0.3, -0.25) is 4.90 Å². The van der Waals surface area contributed by atoms with Crippen LogP contribution < -0.4 is 0 Å². The van der Waals surface area contributed by atoms with Crippen LogP contribution in [0.25, 0.3) is 0 Å². The van der Waals surface area contributed by atoms with Crippen molar-refractivity contribution < 1.29 is 14.2 Å². The van der Waals surface area contributed by atoms with Gasteiger partial charge in [-0.2, -0.15) is 0 Å². The largest absolute Gasteiger partial charge is 0.381 e. The number of nitrogens with zero attached hydrogens (tertiary/aromatic N) is 2. The third-order valence-corrected chi connectivity index (χ3v) is 6.34. The van der Waals surface area contributed by atoms with E-state index >= 15 is 0 Å². The van der Waals surface area contributed by atoms with E-state index in [9.17, 15) is 0 Å². The van der Waals surface area contributed by atoms with Crippen LogP contribution >= 0.6 is 11.3 Å². The van der Waals surface area contributed by atoms with Gasteiger partial charge in [-0.25, -0.2) is 4.98 Å². The van der Waals surface area contributed by atoms with Gasteiger partial charge in [0.1, 0.15) is 5.01 Å². The molecule has 0 unspecified atom stereocenters. The lowest BCUT2D eigenvalue weighted by Crippen LogP contribution is -2.43. The normalized spacial score (nSPS) is 32.1. The van der Waals surface area contributed by atoms with Gasteiger partial charge >= 0.3 is 0 Å². The lowest BCUT2D eigenvalue weighted by atomic mass is 9.99. The first-order valence-corrected chi connectivity index (χ1v) is 10.2. The Bertz CT molecular complexity index is 492. The van der Waals surface area contributed by atoms with Crippen LogP contribution in [-0.4, -0.2) is 61.1 Å². The third kappa shape index (κ3) is 4.17. The molecule has 134 valence electrons. The van der Waals surface area contributed by atoms with Crippen molar-refractivity contribution in [2.24, 2.45) is 5.92 Å². The average Bonchev–Trinajstić information content (AvgIpc) is 3.26. The van der Waals surface area contributed by atoms with Crippen LogP contribution in [0.1, 0.15) is 37.1 Å². The highest BCUT2D eigenvalue weighted by molar-refractivity contribution is 7.09. The second-order valence-electron chi connectivity index (χ2n) is 7.22. The molecule has 6 heteroatoms. The molecule has 0 bridgehead atoms. The minimum Gasteiger partial charge on any atom is -0.381 e. The zero-order chi connectivity index (χ0) is 16.2. The number of rotatable bonds is 6. The van der Waals surface area contributed by atoms with E-state index in [1.807, 2.05) is 6.20 Å². The fourth-order valence-corrected chi connectivity index (χ4v) is 4.83. The van der Waals surface area contributed by atoms with Crippen molar-refractivity contribution in [1.82, 2.24) is 9.88 Å². The number of likely N-dealkylation sites (tertiary alicyclic amines) is 1. The van der Waals surface area contributed by atoms with Crippen molar-refractivity contribution >= 4 is 11.3 Å². The van der Waals surface area contributed by atoms with Crippen LogP contribution in [-0.2, 0) is 20.8 Å². The molecule has 1 aromatic heterocycles. The zero-order valence-electron chi connectivity index (χ0n) is 14.3. The monoisotopic (exact) mass is 352 g/mol. The van der Waals surface area contributed by atoms with Crippen LogP contribution in [0.3, 0.4) is 0 Å². The van der Waals surface area contributed by atoms with Crippen molar-refractivity contribution in [1.29, 1.82) is 0 Å². The molecule has 3 aliphatic rings. The number of fused-ring (bicyclic) bond motifs is 1. The molecule has 3 atom stereocenters. The maximum Gasteiger partial charge on any atom is 0.107 e. The summed E-state index contributed by atoms with van der Waals surface area (Å²) in [6.45, 7) is 5.53. The van der Waals surface area contributed by atoms with Crippen LogP contribution in [0.2, 0.25) is 0 Å². The molecule has 0 radical (unpaired) electrons. The topological polar surface area (TPSA) is 43.8 Å². The van der Waals surface area contributed by atoms with E-state index < -0.39 is 0 Å².